The number of para-hydroxylation sites is 1. The van der Waals surface area contributed by atoms with E-state index in [0.717, 1.165) is 0 Å². The van der Waals surface area contributed by atoms with Crippen LogP contribution in [0.15, 0.2) is 24.3 Å². The van der Waals surface area contributed by atoms with E-state index in [4.69, 9.17) is 5.73 Å². The van der Waals surface area contributed by atoms with Crippen LogP contribution in [0.4, 0.5) is 5.69 Å². The van der Waals surface area contributed by atoms with Crippen molar-refractivity contribution in [1.29, 1.82) is 0 Å². The first-order valence-electron chi connectivity index (χ1n) is 4.53. The van der Waals surface area contributed by atoms with Gasteiger partial charge >= 0.3 is 0 Å². The van der Waals surface area contributed by atoms with Crippen LogP contribution in [-0.4, -0.2) is 25.3 Å². The van der Waals surface area contributed by atoms with Crippen LogP contribution >= 0.6 is 0 Å². The predicted octanol–water partition coefficient (Wildman–Crippen LogP) is 1.06. The Morgan fingerprint density at radius 3 is 2.60 bits per heavy atom. The Balaban J connectivity index is 2.70. The summed E-state index contributed by atoms with van der Waals surface area (Å²) < 4.78 is 4.64. The third-order valence-corrected chi connectivity index (χ3v) is 1.92. The summed E-state index contributed by atoms with van der Waals surface area (Å²) in [6.45, 7) is -0.0432. The maximum absolute atomic E-state index is 11.6. The zero-order valence-corrected chi connectivity index (χ0v) is 8.53. The average molecular weight is 207 g/mol. The minimum absolute atomic E-state index is 0.0432. The van der Waals surface area contributed by atoms with Gasteiger partial charge in [0.1, 0.15) is 6.61 Å². The lowest BCUT2D eigenvalue weighted by Crippen LogP contribution is -2.14. The molecule has 2 N–H and O–H groups in total. The molecule has 15 heavy (non-hydrogen) atoms. The Kier molecular flexibility index (Phi) is 4.00. The maximum Gasteiger partial charge on any atom is 0.172 e. The zero-order chi connectivity index (χ0) is 11.3. The maximum atomic E-state index is 11.6. The van der Waals surface area contributed by atoms with Crippen LogP contribution in [0, 0.1) is 0 Å². The zero-order valence-electron chi connectivity index (χ0n) is 8.53. The first-order chi connectivity index (χ1) is 7.15. The first-order valence-corrected chi connectivity index (χ1v) is 4.53. The second-order valence-electron chi connectivity index (χ2n) is 3.16. The summed E-state index contributed by atoms with van der Waals surface area (Å²) in [5.74, 6) is -0.513. The quantitative estimate of drug-likeness (QED) is 0.445. The fourth-order valence-electron chi connectivity index (χ4n) is 1.24. The molecule has 4 heteroatoms. The molecule has 0 saturated carbocycles. The summed E-state index contributed by atoms with van der Waals surface area (Å²) in [5.41, 5.74) is 6.39. The highest BCUT2D eigenvalue weighted by atomic mass is 16.5. The number of ether oxygens (including phenoxy) is 1. The van der Waals surface area contributed by atoms with Crippen LogP contribution in [0.5, 0.6) is 0 Å². The van der Waals surface area contributed by atoms with Gasteiger partial charge in [0, 0.05) is 18.4 Å². The normalized spacial score (nSPS) is 9.93. The Labute approximate surface area is 88.0 Å². The summed E-state index contributed by atoms with van der Waals surface area (Å²) in [4.78, 5) is 22.7. The van der Waals surface area contributed by atoms with Crippen molar-refractivity contribution in [3.8, 4) is 0 Å². The minimum Gasteiger partial charge on any atom is -0.398 e. The predicted molar refractivity (Wildman–Crippen MR) is 56.7 cm³/mol. The molecule has 4 nitrogen and oxygen atoms in total. The molecule has 0 aliphatic heterocycles. The van der Waals surface area contributed by atoms with Gasteiger partial charge in [0.25, 0.3) is 0 Å². The fraction of sp³-hybridized carbons (Fsp3) is 0.273. The van der Waals surface area contributed by atoms with E-state index in [1.165, 1.54) is 7.11 Å². The molecule has 0 bridgehead atoms. The summed E-state index contributed by atoms with van der Waals surface area (Å²) in [7, 11) is 1.42. The molecule has 0 radical (unpaired) electrons. The number of hydrogen-bond donors (Lipinski definition) is 1. The van der Waals surface area contributed by atoms with Gasteiger partial charge in [-0.15, -0.1) is 0 Å². The summed E-state index contributed by atoms with van der Waals surface area (Å²) in [6.07, 6.45) is -0.165. The number of carbonyl (C=O) groups is 2. The van der Waals surface area contributed by atoms with Crippen molar-refractivity contribution in [1.82, 2.24) is 0 Å². The molecule has 0 spiro atoms. The van der Waals surface area contributed by atoms with E-state index in [-0.39, 0.29) is 24.6 Å². The number of methoxy groups -OCH3 is 1. The van der Waals surface area contributed by atoms with Crippen molar-refractivity contribution < 1.29 is 14.3 Å². The average Bonchev–Trinajstić information content (AvgIpc) is 2.18. The van der Waals surface area contributed by atoms with Crippen molar-refractivity contribution in [2.75, 3.05) is 19.5 Å². The molecule has 0 saturated heterocycles. The molecule has 1 rings (SSSR count). The van der Waals surface area contributed by atoms with Crippen molar-refractivity contribution >= 4 is 17.3 Å². The molecule has 0 atom stereocenters. The third kappa shape index (κ3) is 3.18. The Bertz CT molecular complexity index is 374. The molecule has 0 heterocycles. The standard InChI is InChI=1S/C11H13NO3/c1-15-7-8(13)6-11(14)9-4-2-3-5-10(9)12/h2-5H,6-7,12H2,1H3. The van der Waals surface area contributed by atoms with E-state index in [1.54, 1.807) is 24.3 Å². The number of anilines is 1. The molecule has 0 amide bonds. The highest BCUT2D eigenvalue weighted by molar-refractivity contribution is 6.10. The fourth-order valence-corrected chi connectivity index (χ4v) is 1.24. The molecule has 0 fully saturated rings. The largest absolute Gasteiger partial charge is 0.398 e. The van der Waals surface area contributed by atoms with Crippen molar-refractivity contribution in [3.05, 3.63) is 29.8 Å². The monoisotopic (exact) mass is 207 g/mol. The number of hydrogen-bond acceptors (Lipinski definition) is 4. The number of carbonyl (C=O) groups excluding carboxylic acids is 2. The smallest absolute Gasteiger partial charge is 0.172 e. The number of ketones is 2. The van der Waals surface area contributed by atoms with E-state index in [1.807, 2.05) is 0 Å². The van der Waals surface area contributed by atoms with Gasteiger partial charge in [0.15, 0.2) is 11.6 Å². The van der Waals surface area contributed by atoms with Gasteiger partial charge < -0.3 is 10.5 Å². The van der Waals surface area contributed by atoms with E-state index >= 15 is 0 Å². The Morgan fingerprint density at radius 2 is 2.00 bits per heavy atom. The van der Waals surface area contributed by atoms with Crippen LogP contribution in [0.3, 0.4) is 0 Å². The van der Waals surface area contributed by atoms with Gasteiger partial charge in [-0.2, -0.15) is 0 Å². The highest BCUT2D eigenvalue weighted by Gasteiger charge is 2.13. The summed E-state index contributed by atoms with van der Waals surface area (Å²) >= 11 is 0. The molecule has 0 aliphatic rings. The van der Waals surface area contributed by atoms with Crippen molar-refractivity contribution in [2.45, 2.75) is 6.42 Å². The van der Waals surface area contributed by atoms with Gasteiger partial charge in [-0.3, -0.25) is 9.59 Å². The lowest BCUT2D eigenvalue weighted by Gasteiger charge is -2.03. The van der Waals surface area contributed by atoms with Gasteiger partial charge in [0.05, 0.1) is 6.42 Å². The van der Waals surface area contributed by atoms with Crippen LogP contribution in [0.2, 0.25) is 0 Å². The van der Waals surface area contributed by atoms with Gasteiger partial charge in [-0.1, -0.05) is 12.1 Å². The number of benzene rings is 1. The van der Waals surface area contributed by atoms with Crippen molar-refractivity contribution in [2.24, 2.45) is 0 Å². The van der Waals surface area contributed by atoms with Gasteiger partial charge in [0.2, 0.25) is 0 Å². The van der Waals surface area contributed by atoms with E-state index in [0.29, 0.717) is 11.3 Å². The topological polar surface area (TPSA) is 69.4 Å². The van der Waals surface area contributed by atoms with Gasteiger partial charge in [-0.05, 0) is 12.1 Å². The second kappa shape index (κ2) is 5.26. The van der Waals surface area contributed by atoms with Crippen LogP contribution < -0.4 is 5.73 Å². The van der Waals surface area contributed by atoms with E-state index in [9.17, 15) is 9.59 Å². The van der Waals surface area contributed by atoms with E-state index < -0.39 is 0 Å². The van der Waals surface area contributed by atoms with Gasteiger partial charge in [-0.25, -0.2) is 0 Å². The molecule has 1 aromatic carbocycles. The molecular formula is C11H13NO3. The first kappa shape index (κ1) is 11.4. The molecule has 0 aromatic heterocycles. The number of nitrogen functional groups attached to an aromatic ring is 1. The van der Waals surface area contributed by atoms with Crippen molar-refractivity contribution in [3.63, 3.8) is 0 Å². The van der Waals surface area contributed by atoms with Crippen LogP contribution in [-0.2, 0) is 9.53 Å². The number of Topliss-reactive ketones (excluding diaryl/α,β-unsaturated/α-hetero) is 2. The van der Waals surface area contributed by atoms with Crippen LogP contribution in [0.25, 0.3) is 0 Å². The summed E-state index contributed by atoms with van der Waals surface area (Å²) in [5, 5.41) is 0. The lowest BCUT2D eigenvalue weighted by molar-refractivity contribution is -0.121. The number of rotatable bonds is 5. The molecule has 1 aromatic rings. The highest BCUT2D eigenvalue weighted by Crippen LogP contribution is 2.12. The summed E-state index contributed by atoms with van der Waals surface area (Å²) in [6, 6.07) is 6.69. The number of nitrogens with two attached hydrogens (primary N) is 1. The molecule has 0 aliphatic carbocycles. The van der Waals surface area contributed by atoms with E-state index in [2.05, 4.69) is 4.74 Å². The molecule has 80 valence electrons. The lowest BCUT2D eigenvalue weighted by atomic mass is 10.0. The van der Waals surface area contributed by atoms with Crippen LogP contribution in [0.1, 0.15) is 16.8 Å². The second-order valence-corrected chi connectivity index (χ2v) is 3.16. The Morgan fingerprint density at radius 1 is 1.33 bits per heavy atom. The Hall–Kier alpha value is -1.68. The third-order valence-electron chi connectivity index (χ3n) is 1.92. The SMILES string of the molecule is COCC(=O)CC(=O)c1ccccc1N. The molecular weight excluding hydrogens is 194 g/mol. The minimum atomic E-state index is -0.268. The molecule has 0 unspecified atom stereocenters.